The van der Waals surface area contributed by atoms with Gasteiger partial charge in [0.05, 0.1) is 0 Å². The van der Waals surface area contributed by atoms with Gasteiger partial charge in [0, 0.05) is 21.1 Å². The molecule has 3 heteroatoms. The molecule has 0 aliphatic heterocycles. The van der Waals surface area contributed by atoms with Crippen LogP contribution in [-0.2, 0) is 25.2 Å². The molecule has 0 atom stereocenters. The average molecular weight is 505 g/mol. The highest BCUT2D eigenvalue weighted by molar-refractivity contribution is 8.30. The number of carbonyl (C=O) groups is 1. The molecule has 3 aromatic carbocycles. The van der Waals surface area contributed by atoms with Crippen molar-refractivity contribution in [2.75, 3.05) is 0 Å². The number of hydrogen-bond donors (Lipinski definition) is 0. The fraction of sp³-hybridized carbons (Fsp3) is 0.424. The average Bonchev–Trinajstić information content (AvgIpc) is 2.81. The molecule has 0 N–H and O–H groups in total. The maximum atomic E-state index is 13.0. The minimum absolute atomic E-state index is 0.0410. The summed E-state index contributed by atoms with van der Waals surface area (Å²) in [7, 11) is -2.28. The largest absolute Gasteiger partial charge is 0.402 e. The van der Waals surface area contributed by atoms with Gasteiger partial charge in [-0.1, -0.05) is 106 Å². The summed E-state index contributed by atoms with van der Waals surface area (Å²) in [5, 5.41) is 0. The third kappa shape index (κ3) is 5.89. The quantitative estimate of drug-likeness (QED) is 0.346. The first-order chi connectivity index (χ1) is 16.6. The van der Waals surface area contributed by atoms with E-state index in [0.29, 0.717) is 6.42 Å². The van der Waals surface area contributed by atoms with Gasteiger partial charge in [-0.25, -0.2) is 0 Å². The highest BCUT2D eigenvalue weighted by Gasteiger charge is 2.36. The van der Waals surface area contributed by atoms with Crippen LogP contribution in [0.25, 0.3) is 0 Å². The van der Waals surface area contributed by atoms with E-state index in [4.69, 9.17) is 4.18 Å². The van der Waals surface area contributed by atoms with Crippen molar-refractivity contribution in [2.24, 2.45) is 0 Å². The Morgan fingerprint density at radius 2 is 0.806 bits per heavy atom. The third-order valence-corrected chi connectivity index (χ3v) is 9.91. The molecule has 0 aliphatic rings. The summed E-state index contributed by atoms with van der Waals surface area (Å²) in [5.41, 5.74) is 3.89. The smallest absolute Gasteiger partial charge is 0.316 e. The van der Waals surface area contributed by atoms with Gasteiger partial charge in [0.2, 0.25) is 0 Å². The van der Waals surface area contributed by atoms with Crippen molar-refractivity contribution in [3.63, 3.8) is 0 Å². The maximum absolute atomic E-state index is 13.0. The molecule has 3 rings (SSSR count). The van der Waals surface area contributed by atoms with Gasteiger partial charge in [0.15, 0.2) is 0 Å². The van der Waals surface area contributed by atoms with Gasteiger partial charge in [-0.2, -0.15) is 0 Å². The number of benzene rings is 3. The van der Waals surface area contributed by atoms with Crippen LogP contribution in [0.2, 0.25) is 0 Å². The zero-order valence-corrected chi connectivity index (χ0v) is 24.7. The van der Waals surface area contributed by atoms with Gasteiger partial charge in [0.1, 0.15) is 0 Å². The molecular weight excluding hydrogens is 460 g/mol. The standard InChI is InChI=1S/C33H44O2S/c1-11-30(34)35-36(27-18-12-24(13-19-27)31(2,3)4,28-20-14-25(15-21-28)32(5,6)7)29-22-16-26(17-23-29)33(8,9)10/h12-23H,11H2,1-10H3. The van der Waals surface area contributed by atoms with Crippen molar-refractivity contribution in [1.29, 1.82) is 0 Å². The summed E-state index contributed by atoms with van der Waals surface area (Å²) < 4.78 is 6.57. The van der Waals surface area contributed by atoms with E-state index in [-0.39, 0.29) is 22.2 Å². The molecule has 36 heavy (non-hydrogen) atoms. The number of carbonyl (C=O) groups excluding carboxylic acids is 1. The van der Waals surface area contributed by atoms with Gasteiger partial charge >= 0.3 is 5.97 Å². The van der Waals surface area contributed by atoms with E-state index in [1.807, 2.05) is 6.92 Å². The monoisotopic (exact) mass is 504 g/mol. The van der Waals surface area contributed by atoms with E-state index < -0.39 is 10.3 Å². The van der Waals surface area contributed by atoms with Crippen molar-refractivity contribution in [1.82, 2.24) is 0 Å². The van der Waals surface area contributed by atoms with Crippen LogP contribution in [0.5, 0.6) is 0 Å². The maximum Gasteiger partial charge on any atom is 0.316 e. The molecule has 0 aliphatic carbocycles. The van der Waals surface area contributed by atoms with Crippen molar-refractivity contribution < 1.29 is 8.98 Å². The van der Waals surface area contributed by atoms with Crippen LogP contribution in [0.4, 0.5) is 0 Å². The molecule has 0 bridgehead atoms. The van der Waals surface area contributed by atoms with E-state index >= 15 is 0 Å². The molecule has 0 radical (unpaired) electrons. The Balaban J connectivity index is 2.32. The highest BCUT2D eigenvalue weighted by atomic mass is 32.3. The molecule has 3 aromatic rings. The fourth-order valence-electron chi connectivity index (χ4n) is 4.19. The Kier molecular flexibility index (Phi) is 7.86. The summed E-state index contributed by atoms with van der Waals surface area (Å²) >= 11 is 0. The van der Waals surface area contributed by atoms with Gasteiger partial charge in [0.25, 0.3) is 0 Å². The topological polar surface area (TPSA) is 26.3 Å². The summed E-state index contributed by atoms with van der Waals surface area (Å²) in [5.74, 6) is -0.190. The zero-order valence-electron chi connectivity index (χ0n) is 23.9. The Labute approximate surface area is 221 Å². The van der Waals surface area contributed by atoms with Crippen molar-refractivity contribution in [2.45, 2.75) is 107 Å². The third-order valence-electron chi connectivity index (χ3n) is 6.66. The molecule has 0 unspecified atom stereocenters. The summed E-state index contributed by atoms with van der Waals surface area (Å²) in [6.07, 6.45) is 0.328. The predicted octanol–water partition coefficient (Wildman–Crippen LogP) is 9.73. The first kappa shape index (κ1) is 28.1. The second kappa shape index (κ2) is 10.1. The second-order valence-corrected chi connectivity index (χ2v) is 15.4. The molecule has 0 aromatic heterocycles. The normalized spacial score (nSPS) is 13.4. The lowest BCUT2D eigenvalue weighted by Gasteiger charge is -2.40. The van der Waals surface area contributed by atoms with E-state index in [1.165, 1.54) is 16.7 Å². The van der Waals surface area contributed by atoms with Crippen LogP contribution < -0.4 is 0 Å². The van der Waals surface area contributed by atoms with Crippen molar-refractivity contribution in [3.05, 3.63) is 89.5 Å². The Bertz CT molecular complexity index is 1030. The van der Waals surface area contributed by atoms with Crippen LogP contribution in [0.1, 0.15) is 92.3 Å². The molecule has 194 valence electrons. The summed E-state index contributed by atoms with van der Waals surface area (Å²) in [4.78, 5) is 16.1. The zero-order chi connectivity index (χ0) is 26.9. The minimum Gasteiger partial charge on any atom is -0.402 e. The van der Waals surface area contributed by atoms with Gasteiger partial charge in [-0.3, -0.25) is 4.79 Å². The van der Waals surface area contributed by atoms with E-state index in [0.717, 1.165) is 14.7 Å². The lowest BCUT2D eigenvalue weighted by atomic mass is 9.87. The van der Waals surface area contributed by atoms with Crippen molar-refractivity contribution >= 4 is 16.3 Å². The summed E-state index contributed by atoms with van der Waals surface area (Å²) in [6.45, 7) is 21.8. The molecule has 0 fully saturated rings. The molecule has 0 saturated heterocycles. The van der Waals surface area contributed by atoms with E-state index in [9.17, 15) is 4.79 Å². The fourth-order valence-corrected chi connectivity index (χ4v) is 7.25. The van der Waals surface area contributed by atoms with E-state index in [2.05, 4.69) is 135 Å². The van der Waals surface area contributed by atoms with Crippen LogP contribution in [-0.4, -0.2) is 5.97 Å². The Morgan fingerprint density at radius 3 is 1.00 bits per heavy atom. The predicted molar refractivity (Wildman–Crippen MR) is 154 cm³/mol. The molecule has 0 spiro atoms. The lowest BCUT2D eigenvalue weighted by molar-refractivity contribution is -0.133. The van der Waals surface area contributed by atoms with Gasteiger partial charge in [-0.05, 0) is 79.6 Å². The Hall–Kier alpha value is -2.52. The molecule has 2 nitrogen and oxygen atoms in total. The van der Waals surface area contributed by atoms with Crippen LogP contribution in [0.15, 0.2) is 87.5 Å². The van der Waals surface area contributed by atoms with Crippen LogP contribution in [0.3, 0.4) is 0 Å². The highest BCUT2D eigenvalue weighted by Crippen LogP contribution is 2.69. The second-order valence-electron chi connectivity index (χ2n) is 12.7. The summed E-state index contributed by atoms with van der Waals surface area (Å²) in [6, 6.07) is 26.1. The number of rotatable bonds is 5. The molecule has 0 saturated carbocycles. The SMILES string of the molecule is CCC(=O)OS(c1ccc(C(C)(C)C)cc1)(c1ccc(C(C)(C)C)cc1)c1ccc(C(C)(C)C)cc1. The Morgan fingerprint density at radius 1 is 0.556 bits per heavy atom. The molecular formula is C33H44O2S. The molecule has 0 heterocycles. The first-order valence-corrected chi connectivity index (χ1v) is 14.5. The van der Waals surface area contributed by atoms with Crippen LogP contribution in [0, 0.1) is 0 Å². The van der Waals surface area contributed by atoms with Gasteiger partial charge < -0.3 is 4.18 Å². The number of hydrogen-bond acceptors (Lipinski definition) is 2. The molecule has 0 amide bonds. The lowest BCUT2D eigenvalue weighted by Crippen LogP contribution is -2.16. The van der Waals surface area contributed by atoms with Crippen LogP contribution >= 0.6 is 10.3 Å². The van der Waals surface area contributed by atoms with Gasteiger partial charge in [-0.15, -0.1) is 0 Å². The van der Waals surface area contributed by atoms with Crippen molar-refractivity contribution in [3.8, 4) is 0 Å². The first-order valence-electron chi connectivity index (χ1n) is 13.0. The van der Waals surface area contributed by atoms with E-state index in [1.54, 1.807) is 0 Å². The minimum atomic E-state index is -2.28.